The number of methoxy groups -OCH3 is 1. The summed E-state index contributed by atoms with van der Waals surface area (Å²) in [7, 11) is 3.62. The Balaban J connectivity index is 1.25. The number of nitrogens with one attached hydrogen (secondary N) is 1. The summed E-state index contributed by atoms with van der Waals surface area (Å²) in [4.78, 5) is 40.6. The summed E-state index contributed by atoms with van der Waals surface area (Å²) >= 11 is 0. The number of hydrogen-bond donors (Lipinski definition) is 2. The molecule has 0 radical (unpaired) electrons. The quantitative estimate of drug-likeness (QED) is 0.323. The van der Waals surface area contributed by atoms with Crippen molar-refractivity contribution in [1.82, 2.24) is 29.0 Å². The van der Waals surface area contributed by atoms with Crippen LogP contribution in [0.1, 0.15) is 36.0 Å². The van der Waals surface area contributed by atoms with Crippen molar-refractivity contribution in [2.24, 2.45) is 24.6 Å². The van der Waals surface area contributed by atoms with Gasteiger partial charge in [0.1, 0.15) is 16.9 Å². The van der Waals surface area contributed by atoms with Gasteiger partial charge in [-0.1, -0.05) is 6.07 Å². The van der Waals surface area contributed by atoms with Crippen molar-refractivity contribution < 1.29 is 9.53 Å². The Morgan fingerprint density at radius 1 is 1.10 bits per heavy atom. The number of nitrogens with zero attached hydrogens (tertiary/aromatic N) is 5. The number of amides is 1. The molecular weight excluding hydrogens is 530 g/mol. The molecule has 3 atom stereocenters. The van der Waals surface area contributed by atoms with Gasteiger partial charge < -0.3 is 29.5 Å². The fraction of sp³-hybridized carbons (Fsp3) is 0.375. The monoisotopic (exact) mass is 563 g/mol. The van der Waals surface area contributed by atoms with Crippen LogP contribution in [0.3, 0.4) is 0 Å². The average Bonchev–Trinajstić information content (AvgIpc) is 3.40. The van der Waals surface area contributed by atoms with Crippen LogP contribution in [0.4, 0.5) is 0 Å². The van der Waals surface area contributed by atoms with E-state index in [2.05, 4.69) is 15.6 Å². The Morgan fingerprint density at radius 2 is 1.95 bits per heavy atom. The van der Waals surface area contributed by atoms with Crippen LogP contribution in [0.25, 0.3) is 45.0 Å². The highest BCUT2D eigenvalue weighted by Crippen LogP contribution is 2.40. The second-order valence-electron chi connectivity index (χ2n) is 12.1. The van der Waals surface area contributed by atoms with Crippen molar-refractivity contribution in [3.63, 3.8) is 0 Å². The van der Waals surface area contributed by atoms with E-state index in [-0.39, 0.29) is 23.6 Å². The lowest BCUT2D eigenvalue weighted by Crippen LogP contribution is -2.41. The Morgan fingerprint density at radius 3 is 2.67 bits per heavy atom. The van der Waals surface area contributed by atoms with E-state index >= 15 is 0 Å². The zero-order chi connectivity index (χ0) is 28.7. The van der Waals surface area contributed by atoms with E-state index in [0.29, 0.717) is 46.6 Å². The molecule has 0 spiro atoms. The van der Waals surface area contributed by atoms with Crippen LogP contribution in [0.2, 0.25) is 0 Å². The van der Waals surface area contributed by atoms with Crippen molar-refractivity contribution in [2.45, 2.75) is 44.3 Å². The number of pyridine rings is 2. The third-order valence-electron chi connectivity index (χ3n) is 9.47. The summed E-state index contributed by atoms with van der Waals surface area (Å²) < 4.78 is 10.1. The number of aromatic nitrogens is 5. The number of carbonyl (C=O) groups is 1. The van der Waals surface area contributed by atoms with Gasteiger partial charge in [0, 0.05) is 49.2 Å². The second kappa shape index (κ2) is 9.29. The van der Waals surface area contributed by atoms with Crippen LogP contribution >= 0.6 is 0 Å². The lowest BCUT2D eigenvalue weighted by Gasteiger charge is -2.27. The Kier molecular flexibility index (Phi) is 5.59. The molecule has 4 aromatic heterocycles. The fourth-order valence-corrected chi connectivity index (χ4v) is 7.07. The van der Waals surface area contributed by atoms with Gasteiger partial charge in [-0.15, -0.1) is 0 Å². The number of H-pyrrole nitrogens is 1. The lowest BCUT2D eigenvalue weighted by atomic mass is 10.1. The number of rotatable bonds is 6. The second-order valence-corrected chi connectivity index (χ2v) is 12.1. The molecule has 214 valence electrons. The molecule has 1 amide bonds. The van der Waals surface area contributed by atoms with E-state index in [1.165, 1.54) is 18.9 Å². The molecule has 3 aliphatic rings. The fourth-order valence-electron chi connectivity index (χ4n) is 7.07. The van der Waals surface area contributed by atoms with E-state index in [0.717, 1.165) is 47.5 Å². The highest BCUT2D eigenvalue weighted by Gasteiger charge is 2.47. The number of aromatic amines is 1. The third-order valence-corrected chi connectivity index (χ3v) is 9.47. The van der Waals surface area contributed by atoms with E-state index in [1.807, 2.05) is 46.8 Å². The van der Waals surface area contributed by atoms with E-state index in [4.69, 9.17) is 20.4 Å². The van der Waals surface area contributed by atoms with Gasteiger partial charge in [-0.05, 0) is 73.9 Å². The molecule has 3 N–H and O–H groups in total. The van der Waals surface area contributed by atoms with Crippen molar-refractivity contribution in [1.29, 1.82) is 0 Å². The first-order chi connectivity index (χ1) is 20.4. The van der Waals surface area contributed by atoms with Gasteiger partial charge in [0.25, 0.3) is 5.91 Å². The summed E-state index contributed by atoms with van der Waals surface area (Å²) in [5, 5.41) is 1.00. The number of fused-ring (bicyclic) bond motifs is 4. The Labute approximate surface area is 242 Å². The smallest absolute Gasteiger partial charge is 0.254 e. The molecule has 2 unspecified atom stereocenters. The van der Waals surface area contributed by atoms with Gasteiger partial charge in [0.15, 0.2) is 5.82 Å². The Hall–Kier alpha value is -4.44. The van der Waals surface area contributed by atoms with Gasteiger partial charge in [-0.25, -0.2) is 9.97 Å². The molecule has 42 heavy (non-hydrogen) atoms. The minimum Gasteiger partial charge on any atom is -0.494 e. The third kappa shape index (κ3) is 3.88. The van der Waals surface area contributed by atoms with Crippen molar-refractivity contribution >= 4 is 28.0 Å². The number of likely N-dealkylation sites (tertiary alicyclic amines) is 1. The van der Waals surface area contributed by atoms with E-state index < -0.39 is 0 Å². The maximum Gasteiger partial charge on any atom is 0.254 e. The molecule has 8 rings (SSSR count). The first kappa shape index (κ1) is 25.3. The number of benzene rings is 1. The molecule has 1 saturated heterocycles. The first-order valence-corrected chi connectivity index (χ1v) is 14.7. The molecule has 10 nitrogen and oxygen atoms in total. The number of carbonyl (C=O) groups excluding carboxylic acids is 1. The van der Waals surface area contributed by atoms with Gasteiger partial charge in [-0.2, -0.15) is 0 Å². The zero-order valence-electron chi connectivity index (χ0n) is 23.7. The molecule has 10 heteroatoms. The molecule has 1 aliphatic heterocycles. The topological polar surface area (TPSA) is 124 Å². The maximum absolute atomic E-state index is 13.7. The standard InChI is InChI=1S/C32H33N7O3/c1-37-29-23(12-20(14-26(29)42-2)32(41)39-16-19-9-11-24(39)28(19)33)36-31(37)25-13-18-8-10-22(21-4-3-5-27(40)34-21)35-30(18)38(25)15-17-6-7-17/h3-5,8,10,12-14,17,19,24,28H,6-7,9,11,15-16,33H2,1-2H3,(H,34,40)/t19?,24?,28-/m1/s1. The number of imidazole rings is 1. The van der Waals surface area contributed by atoms with Crippen LogP contribution in [-0.4, -0.2) is 60.6 Å². The van der Waals surface area contributed by atoms with E-state index in [1.54, 1.807) is 13.2 Å². The SMILES string of the molecule is COc1cc(C(=O)N2CC3CCC2[C@@H]3N)cc2nc(-c3cc4ccc(-c5cccc(=O)[nH]5)nc4n3CC3CC3)n(C)c12. The number of piperidine rings is 1. The van der Waals surface area contributed by atoms with Crippen molar-refractivity contribution in [3.05, 3.63) is 64.4 Å². The molecule has 2 bridgehead atoms. The summed E-state index contributed by atoms with van der Waals surface area (Å²) in [6.07, 6.45) is 4.44. The van der Waals surface area contributed by atoms with Gasteiger partial charge in [0.05, 0.1) is 29.7 Å². The van der Waals surface area contributed by atoms with Crippen LogP contribution < -0.4 is 16.0 Å². The number of nitrogens with two attached hydrogens (primary N) is 1. The highest BCUT2D eigenvalue weighted by molar-refractivity contribution is 6.00. The van der Waals surface area contributed by atoms with Crippen LogP contribution in [0.5, 0.6) is 5.75 Å². The molecule has 1 aromatic carbocycles. The van der Waals surface area contributed by atoms with Crippen LogP contribution in [-0.2, 0) is 13.6 Å². The Bertz CT molecular complexity index is 1950. The van der Waals surface area contributed by atoms with Gasteiger partial charge in [0.2, 0.25) is 5.56 Å². The average molecular weight is 564 g/mol. The summed E-state index contributed by atoms with van der Waals surface area (Å²) in [5.41, 5.74) is 11.6. The minimum atomic E-state index is -0.157. The molecule has 3 fully saturated rings. The molecule has 5 heterocycles. The normalized spacial score (nSPS) is 21.6. The van der Waals surface area contributed by atoms with Crippen molar-refractivity contribution in [2.75, 3.05) is 13.7 Å². The van der Waals surface area contributed by atoms with Gasteiger partial charge >= 0.3 is 0 Å². The van der Waals surface area contributed by atoms with E-state index in [9.17, 15) is 9.59 Å². The van der Waals surface area contributed by atoms with Crippen LogP contribution in [0.15, 0.2) is 53.3 Å². The largest absolute Gasteiger partial charge is 0.494 e. The zero-order valence-corrected chi connectivity index (χ0v) is 23.7. The summed E-state index contributed by atoms with van der Waals surface area (Å²) in [5.74, 6) is 2.36. The maximum atomic E-state index is 13.7. The van der Waals surface area contributed by atoms with Gasteiger partial charge in [-0.3, -0.25) is 9.59 Å². The summed E-state index contributed by atoms with van der Waals surface area (Å²) in [6, 6.07) is 15.1. The predicted octanol–water partition coefficient (Wildman–Crippen LogP) is 3.93. The molecule has 2 aliphatic carbocycles. The lowest BCUT2D eigenvalue weighted by molar-refractivity contribution is 0.0700. The molecular formula is C32H33N7O3. The summed E-state index contributed by atoms with van der Waals surface area (Å²) in [6.45, 7) is 1.55. The minimum absolute atomic E-state index is 0.0106. The number of aryl methyl sites for hydroxylation is 1. The number of hydrogen-bond acceptors (Lipinski definition) is 6. The molecule has 2 saturated carbocycles. The van der Waals surface area contributed by atoms with Crippen LogP contribution in [0, 0.1) is 11.8 Å². The number of ether oxygens (including phenoxy) is 1. The predicted molar refractivity (Wildman–Crippen MR) is 160 cm³/mol. The first-order valence-electron chi connectivity index (χ1n) is 14.7. The molecule has 5 aromatic rings. The highest BCUT2D eigenvalue weighted by atomic mass is 16.5. The van der Waals surface area contributed by atoms with Crippen molar-refractivity contribution in [3.8, 4) is 28.7 Å².